The van der Waals surface area contributed by atoms with Crippen molar-refractivity contribution in [2.45, 2.75) is 212 Å². The van der Waals surface area contributed by atoms with Crippen molar-refractivity contribution >= 4 is 25.7 Å². The summed E-state index contributed by atoms with van der Waals surface area (Å²) in [4.78, 5) is 47.3. The number of unbranched alkanes of at least 4 members (excludes halogenated alkanes) is 24. The molecule has 322 valence electrons. The summed E-state index contributed by atoms with van der Waals surface area (Å²) >= 11 is 0. The van der Waals surface area contributed by atoms with Crippen molar-refractivity contribution in [3.05, 3.63) is 11.5 Å². The summed E-state index contributed by atoms with van der Waals surface area (Å²) < 4.78 is 38.1. The molecule has 0 aromatic carbocycles. The molecule has 0 bridgehead atoms. The fourth-order valence-electron chi connectivity index (χ4n) is 6.43. The van der Waals surface area contributed by atoms with Crippen LogP contribution in [0.25, 0.3) is 0 Å². The molecular weight excluding hydrogens is 731 g/mol. The number of ether oxygens (including phenoxy) is 3. The van der Waals surface area contributed by atoms with Gasteiger partial charge in [-0.25, -0.2) is 9.36 Å². The Bertz CT molecular complexity index is 1100. The molecule has 0 radical (unpaired) electrons. The van der Waals surface area contributed by atoms with Crippen LogP contribution in [-0.4, -0.2) is 76.3 Å². The van der Waals surface area contributed by atoms with Gasteiger partial charge in [0.05, 0.1) is 6.61 Å². The number of phosphoric ester groups is 1. The first-order valence-corrected chi connectivity index (χ1v) is 23.0. The Morgan fingerprint density at radius 1 is 0.673 bits per heavy atom. The fourth-order valence-corrected chi connectivity index (χ4v) is 7.27. The van der Waals surface area contributed by atoms with Gasteiger partial charge >= 0.3 is 25.7 Å². The first kappa shape index (κ1) is 50.8. The number of esters is 3. The van der Waals surface area contributed by atoms with Gasteiger partial charge in [-0.1, -0.05) is 168 Å². The Morgan fingerprint density at radius 3 is 1.49 bits per heavy atom. The number of rotatable bonds is 38. The summed E-state index contributed by atoms with van der Waals surface area (Å²) in [5.74, 6) is -4.47. The summed E-state index contributed by atoms with van der Waals surface area (Å²) in [7, 11) is -5.11. The van der Waals surface area contributed by atoms with E-state index in [9.17, 15) is 39.2 Å². The van der Waals surface area contributed by atoms with Gasteiger partial charge in [0.15, 0.2) is 12.2 Å². The molecule has 1 aliphatic heterocycles. The summed E-state index contributed by atoms with van der Waals surface area (Å²) in [5, 5.41) is 29.1. The van der Waals surface area contributed by atoms with Gasteiger partial charge in [-0.05, 0) is 12.8 Å². The third-order valence-electron chi connectivity index (χ3n) is 9.79. The van der Waals surface area contributed by atoms with Crippen LogP contribution in [0.4, 0.5) is 0 Å². The standard InChI is InChI=1S/C41H75O13P/c1-3-5-7-9-11-13-15-17-19-21-23-25-27-29-36(44)50-32-34(33-51-55(48,49)54-40-38(46)41(47)53-39(40)35(43)31-42)52-37(45)30-28-26-24-22-20-18-16-14-12-10-8-6-4-2/h34-35,39,42-43,46H,3-33H2,1-2H3,(H,48,49)/t34-,35+,39-/m1/s1. The lowest BCUT2D eigenvalue weighted by atomic mass is 10.0. The molecule has 14 heteroatoms. The Labute approximate surface area is 330 Å². The van der Waals surface area contributed by atoms with E-state index in [1.165, 1.54) is 116 Å². The van der Waals surface area contributed by atoms with Gasteiger partial charge in [0, 0.05) is 12.8 Å². The number of cyclic esters (lactones) is 1. The van der Waals surface area contributed by atoms with Gasteiger partial charge in [-0.15, -0.1) is 0 Å². The third-order valence-corrected chi connectivity index (χ3v) is 10.7. The van der Waals surface area contributed by atoms with Crippen molar-refractivity contribution in [2.24, 2.45) is 0 Å². The number of carbonyl (C=O) groups is 3. The number of hydrogen-bond donors (Lipinski definition) is 4. The first-order valence-electron chi connectivity index (χ1n) is 21.5. The zero-order valence-corrected chi connectivity index (χ0v) is 35.0. The van der Waals surface area contributed by atoms with Crippen molar-refractivity contribution in [3.63, 3.8) is 0 Å². The Kier molecular flexibility index (Phi) is 30.4. The zero-order valence-electron chi connectivity index (χ0n) is 34.1. The van der Waals surface area contributed by atoms with Crippen LogP contribution >= 0.6 is 7.82 Å². The van der Waals surface area contributed by atoms with Crippen molar-refractivity contribution in [1.29, 1.82) is 0 Å². The Morgan fingerprint density at radius 2 is 1.07 bits per heavy atom. The predicted molar refractivity (Wildman–Crippen MR) is 211 cm³/mol. The van der Waals surface area contributed by atoms with Crippen molar-refractivity contribution in [3.8, 4) is 0 Å². The number of carbonyl (C=O) groups excluding carboxylic acids is 3. The van der Waals surface area contributed by atoms with Crippen LogP contribution in [0.3, 0.4) is 0 Å². The maximum Gasteiger partial charge on any atom is 0.527 e. The van der Waals surface area contributed by atoms with E-state index in [0.717, 1.165) is 38.5 Å². The molecule has 0 fully saturated rings. The van der Waals surface area contributed by atoms with E-state index in [1.807, 2.05) is 0 Å². The molecule has 0 spiro atoms. The quantitative estimate of drug-likeness (QED) is 0.0199. The van der Waals surface area contributed by atoms with Crippen molar-refractivity contribution < 1.29 is 62.4 Å². The summed E-state index contributed by atoms with van der Waals surface area (Å²) in [6, 6.07) is 0. The van der Waals surface area contributed by atoms with Crippen LogP contribution in [-0.2, 0) is 42.2 Å². The molecule has 1 heterocycles. The van der Waals surface area contributed by atoms with Gasteiger partial charge in [-0.2, -0.15) is 0 Å². The predicted octanol–water partition coefficient (Wildman–Crippen LogP) is 9.59. The zero-order chi connectivity index (χ0) is 40.6. The minimum Gasteiger partial charge on any atom is -0.499 e. The van der Waals surface area contributed by atoms with Crippen molar-refractivity contribution in [2.75, 3.05) is 19.8 Å². The molecule has 1 aliphatic rings. The topological polar surface area (TPSA) is 195 Å². The van der Waals surface area contributed by atoms with E-state index in [4.69, 9.17) is 23.3 Å². The molecule has 0 saturated heterocycles. The van der Waals surface area contributed by atoms with Crippen molar-refractivity contribution in [1.82, 2.24) is 0 Å². The average Bonchev–Trinajstić information content (AvgIpc) is 3.44. The Balaban J connectivity index is 2.50. The second-order valence-corrected chi connectivity index (χ2v) is 16.3. The molecule has 0 aromatic rings. The second kappa shape index (κ2) is 32.9. The average molecular weight is 807 g/mol. The highest BCUT2D eigenvalue weighted by molar-refractivity contribution is 7.47. The van der Waals surface area contributed by atoms with Gasteiger partial charge in [0.2, 0.25) is 11.5 Å². The maximum atomic E-state index is 12.8. The minimum absolute atomic E-state index is 0.107. The van der Waals surface area contributed by atoms with E-state index in [1.54, 1.807) is 0 Å². The van der Waals surface area contributed by atoms with Crippen LogP contribution in [0, 0.1) is 0 Å². The number of phosphoric acid groups is 1. The molecule has 13 nitrogen and oxygen atoms in total. The Hall–Kier alpha value is -2.18. The summed E-state index contributed by atoms with van der Waals surface area (Å²) in [5.41, 5.74) is 0. The van der Waals surface area contributed by atoms with Gasteiger partial charge in [0.25, 0.3) is 0 Å². The molecule has 1 rings (SSSR count). The van der Waals surface area contributed by atoms with Crippen LogP contribution in [0.2, 0.25) is 0 Å². The number of aliphatic hydroxyl groups excluding tert-OH is 3. The minimum atomic E-state index is -5.11. The lowest BCUT2D eigenvalue weighted by Crippen LogP contribution is -2.32. The highest BCUT2D eigenvalue weighted by Gasteiger charge is 2.44. The van der Waals surface area contributed by atoms with Crippen LogP contribution in [0.1, 0.15) is 194 Å². The van der Waals surface area contributed by atoms with E-state index in [-0.39, 0.29) is 12.8 Å². The molecule has 1 unspecified atom stereocenters. The third kappa shape index (κ3) is 26.4. The molecule has 55 heavy (non-hydrogen) atoms. The summed E-state index contributed by atoms with van der Waals surface area (Å²) in [6.45, 7) is 2.40. The van der Waals surface area contributed by atoms with Crippen LogP contribution in [0.5, 0.6) is 0 Å². The monoisotopic (exact) mass is 806 g/mol. The number of hydrogen-bond acceptors (Lipinski definition) is 12. The lowest BCUT2D eigenvalue weighted by molar-refractivity contribution is -0.161. The van der Waals surface area contributed by atoms with E-state index < -0.39 is 75.4 Å². The molecule has 0 aliphatic carbocycles. The highest BCUT2D eigenvalue weighted by Crippen LogP contribution is 2.48. The van der Waals surface area contributed by atoms with E-state index >= 15 is 0 Å². The van der Waals surface area contributed by atoms with E-state index in [2.05, 4.69) is 13.8 Å². The molecule has 0 amide bonds. The molecule has 0 saturated carbocycles. The smallest absolute Gasteiger partial charge is 0.499 e. The lowest BCUT2D eigenvalue weighted by Gasteiger charge is -2.22. The summed E-state index contributed by atoms with van der Waals surface area (Å²) in [6.07, 6.45) is 25.8. The maximum absolute atomic E-state index is 12.8. The SMILES string of the molecule is CCCCCCCCCCCCCCCC(=O)OC[C@H](COP(=O)(O)OC1=C(O)C(=O)O[C@@H]1[C@@H](O)CO)OC(=O)CCCCCCCCCCCCCCC. The largest absolute Gasteiger partial charge is 0.527 e. The molecule has 0 aromatic heterocycles. The van der Waals surface area contributed by atoms with Crippen LogP contribution in [0.15, 0.2) is 11.5 Å². The van der Waals surface area contributed by atoms with Gasteiger partial charge in [0.1, 0.15) is 19.3 Å². The van der Waals surface area contributed by atoms with E-state index in [0.29, 0.717) is 12.8 Å². The van der Waals surface area contributed by atoms with Gasteiger partial charge < -0.3 is 34.1 Å². The van der Waals surface area contributed by atoms with Crippen LogP contribution < -0.4 is 0 Å². The fraction of sp³-hybridized carbons (Fsp3) is 0.878. The number of aliphatic hydroxyl groups is 3. The first-order chi connectivity index (χ1) is 26.5. The van der Waals surface area contributed by atoms with Gasteiger partial charge in [-0.3, -0.25) is 19.0 Å². The normalized spacial score (nSPS) is 16.5. The molecule has 4 atom stereocenters. The second-order valence-electron chi connectivity index (χ2n) is 14.9. The molecule has 4 N–H and O–H groups in total. The molecular formula is C41H75O13P. The highest BCUT2D eigenvalue weighted by atomic mass is 31.2.